The van der Waals surface area contributed by atoms with Gasteiger partial charge in [-0.25, -0.2) is 4.98 Å². The number of hydrogen-bond acceptors (Lipinski definition) is 2. The fraction of sp³-hybridized carbons (Fsp3) is 0.278. The summed E-state index contributed by atoms with van der Waals surface area (Å²) in [6, 6.07) is 8.24. The second kappa shape index (κ2) is 5.49. The summed E-state index contributed by atoms with van der Waals surface area (Å²) in [5.41, 5.74) is 6.42. The minimum atomic E-state index is 0.680. The van der Waals surface area contributed by atoms with Gasteiger partial charge in [0.15, 0.2) is 0 Å². The van der Waals surface area contributed by atoms with Gasteiger partial charge in [0.1, 0.15) is 5.75 Å². The lowest BCUT2D eigenvalue weighted by Gasteiger charge is -2.15. The van der Waals surface area contributed by atoms with E-state index in [0.717, 1.165) is 39.3 Å². The lowest BCUT2D eigenvalue weighted by atomic mass is 10.0. The Bertz CT molecular complexity index is 648. The summed E-state index contributed by atoms with van der Waals surface area (Å²) in [4.78, 5) is 4.47. The van der Waals surface area contributed by atoms with E-state index in [1.54, 1.807) is 0 Å². The largest absolute Gasteiger partial charge is 0.438 e. The number of pyridine rings is 1. The maximum absolute atomic E-state index is 6.05. The minimum Gasteiger partial charge on any atom is -0.438 e. The van der Waals surface area contributed by atoms with E-state index in [1.807, 2.05) is 32.9 Å². The monoisotopic (exact) mass is 267 g/mol. The molecule has 0 aliphatic heterocycles. The molecule has 0 aliphatic rings. The number of aromatic nitrogens is 1. The fourth-order valence-electron chi connectivity index (χ4n) is 2.16. The van der Waals surface area contributed by atoms with E-state index in [1.165, 1.54) is 0 Å². The van der Waals surface area contributed by atoms with Crippen molar-refractivity contribution in [1.82, 2.24) is 4.98 Å². The third-order valence-electron chi connectivity index (χ3n) is 3.34. The quantitative estimate of drug-likeness (QED) is 0.768. The second-order valence-electron chi connectivity index (χ2n) is 5.40. The van der Waals surface area contributed by atoms with Crippen molar-refractivity contribution in [1.29, 1.82) is 0 Å². The molecule has 0 saturated carbocycles. The predicted molar refractivity (Wildman–Crippen MR) is 84.4 cm³/mol. The number of benzene rings is 1. The molecule has 0 amide bonds. The van der Waals surface area contributed by atoms with Crippen LogP contribution in [0.3, 0.4) is 0 Å². The van der Waals surface area contributed by atoms with Gasteiger partial charge < -0.3 is 4.74 Å². The van der Waals surface area contributed by atoms with Crippen molar-refractivity contribution in [3.63, 3.8) is 0 Å². The Morgan fingerprint density at radius 1 is 1.00 bits per heavy atom. The smallest absolute Gasteiger partial charge is 0.222 e. The van der Waals surface area contributed by atoms with Gasteiger partial charge in [0, 0.05) is 11.3 Å². The maximum atomic E-state index is 6.05. The highest BCUT2D eigenvalue weighted by Crippen LogP contribution is 2.32. The summed E-state index contributed by atoms with van der Waals surface area (Å²) < 4.78 is 6.05. The molecule has 0 saturated heterocycles. The summed E-state index contributed by atoms with van der Waals surface area (Å²) in [5.74, 6) is 1.57. The number of aryl methyl sites for hydroxylation is 4. The Morgan fingerprint density at radius 3 is 2.15 bits per heavy atom. The van der Waals surface area contributed by atoms with Crippen LogP contribution >= 0.6 is 0 Å². The van der Waals surface area contributed by atoms with Crippen LogP contribution in [0.5, 0.6) is 11.6 Å². The van der Waals surface area contributed by atoms with Gasteiger partial charge in [0.05, 0.1) is 0 Å². The molecule has 0 aliphatic carbocycles. The van der Waals surface area contributed by atoms with Crippen LogP contribution in [0.4, 0.5) is 0 Å². The van der Waals surface area contributed by atoms with E-state index >= 15 is 0 Å². The number of rotatable bonds is 3. The molecule has 0 spiro atoms. The van der Waals surface area contributed by atoms with Crippen molar-refractivity contribution in [2.45, 2.75) is 34.6 Å². The molecule has 0 N–H and O–H groups in total. The average Bonchev–Trinajstić information content (AvgIpc) is 2.37. The number of ether oxygens (including phenoxy) is 1. The zero-order chi connectivity index (χ0) is 14.9. The molecule has 20 heavy (non-hydrogen) atoms. The van der Waals surface area contributed by atoms with E-state index in [4.69, 9.17) is 4.74 Å². The Balaban J connectivity index is 2.44. The van der Waals surface area contributed by atoms with Crippen molar-refractivity contribution in [3.8, 4) is 11.6 Å². The van der Waals surface area contributed by atoms with E-state index < -0.39 is 0 Å². The van der Waals surface area contributed by atoms with E-state index in [-0.39, 0.29) is 0 Å². The van der Waals surface area contributed by atoms with Crippen molar-refractivity contribution < 1.29 is 4.74 Å². The molecule has 2 heteroatoms. The van der Waals surface area contributed by atoms with Crippen LogP contribution in [0.1, 0.15) is 34.9 Å². The molecule has 0 fully saturated rings. The molecular weight excluding hydrogens is 246 g/mol. The van der Waals surface area contributed by atoms with Crippen molar-refractivity contribution in [2.24, 2.45) is 0 Å². The van der Waals surface area contributed by atoms with Crippen LogP contribution in [-0.2, 0) is 0 Å². The first kappa shape index (κ1) is 14.3. The molecule has 0 bridgehead atoms. The lowest BCUT2D eigenvalue weighted by Crippen LogP contribution is -1.97. The molecule has 2 nitrogen and oxygen atoms in total. The highest BCUT2D eigenvalue weighted by Gasteiger charge is 2.10. The summed E-state index contributed by atoms with van der Waals surface area (Å²) in [7, 11) is 0. The van der Waals surface area contributed by atoms with Gasteiger partial charge in [-0.05, 0) is 69.5 Å². The third kappa shape index (κ3) is 2.90. The first-order valence-electron chi connectivity index (χ1n) is 6.77. The molecule has 0 unspecified atom stereocenters. The minimum absolute atomic E-state index is 0.680. The predicted octanol–water partition coefficient (Wildman–Crippen LogP) is 5.14. The summed E-state index contributed by atoms with van der Waals surface area (Å²) in [5, 5.41) is 0. The van der Waals surface area contributed by atoms with Crippen LogP contribution in [0.2, 0.25) is 0 Å². The molecular formula is C18H21NO. The van der Waals surface area contributed by atoms with Crippen LogP contribution < -0.4 is 4.74 Å². The van der Waals surface area contributed by atoms with E-state index in [2.05, 4.69) is 37.5 Å². The van der Waals surface area contributed by atoms with Gasteiger partial charge in [0.25, 0.3) is 0 Å². The number of allylic oxidation sites excluding steroid dienone is 1. The van der Waals surface area contributed by atoms with Crippen molar-refractivity contribution in [3.05, 3.63) is 58.8 Å². The van der Waals surface area contributed by atoms with Crippen LogP contribution in [0.15, 0.2) is 30.8 Å². The summed E-state index contributed by atoms with van der Waals surface area (Å²) >= 11 is 0. The number of nitrogens with zero attached hydrogens (tertiary/aromatic N) is 1. The normalized spacial score (nSPS) is 10.4. The van der Waals surface area contributed by atoms with Gasteiger partial charge in [-0.15, -0.1) is 0 Å². The first-order valence-corrected chi connectivity index (χ1v) is 6.77. The average molecular weight is 267 g/mol. The summed E-state index contributed by atoms with van der Waals surface area (Å²) in [6.45, 7) is 14.1. The molecule has 0 atom stereocenters. The van der Waals surface area contributed by atoms with E-state index in [0.29, 0.717) is 5.88 Å². The van der Waals surface area contributed by atoms with Gasteiger partial charge in [-0.2, -0.15) is 0 Å². The summed E-state index contributed by atoms with van der Waals surface area (Å²) in [6.07, 6.45) is 0. The van der Waals surface area contributed by atoms with Gasteiger partial charge >= 0.3 is 0 Å². The third-order valence-corrected chi connectivity index (χ3v) is 3.34. The lowest BCUT2D eigenvalue weighted by molar-refractivity contribution is 0.451. The SMILES string of the molecule is C=C(C)c1cc(C)c(Oc2nc(C)ccc2C)c(C)c1. The molecule has 104 valence electrons. The molecule has 0 radical (unpaired) electrons. The highest BCUT2D eigenvalue weighted by molar-refractivity contribution is 5.65. The van der Waals surface area contributed by atoms with Crippen molar-refractivity contribution >= 4 is 5.57 Å². The topological polar surface area (TPSA) is 22.1 Å². The zero-order valence-corrected chi connectivity index (χ0v) is 12.9. The Hall–Kier alpha value is -2.09. The first-order chi connectivity index (χ1) is 9.38. The molecule has 1 heterocycles. The van der Waals surface area contributed by atoms with Gasteiger partial charge in [-0.1, -0.05) is 18.2 Å². The van der Waals surface area contributed by atoms with Gasteiger partial charge in [0.2, 0.25) is 5.88 Å². The molecule has 1 aromatic carbocycles. The fourth-order valence-corrected chi connectivity index (χ4v) is 2.16. The van der Waals surface area contributed by atoms with E-state index in [9.17, 15) is 0 Å². The standard InChI is InChI=1S/C18H21NO/c1-11(2)16-9-13(4)17(14(5)10-16)20-18-12(3)7-8-15(6)19-18/h7-10H,1H2,2-6H3. The molecule has 2 aromatic rings. The Labute approximate surface area is 121 Å². The zero-order valence-electron chi connectivity index (χ0n) is 12.9. The van der Waals surface area contributed by atoms with Crippen LogP contribution in [0, 0.1) is 27.7 Å². The maximum Gasteiger partial charge on any atom is 0.222 e. The van der Waals surface area contributed by atoms with Crippen LogP contribution in [-0.4, -0.2) is 4.98 Å². The Morgan fingerprint density at radius 2 is 1.60 bits per heavy atom. The molecule has 2 rings (SSSR count). The second-order valence-corrected chi connectivity index (χ2v) is 5.40. The van der Waals surface area contributed by atoms with Crippen molar-refractivity contribution in [2.75, 3.05) is 0 Å². The van der Waals surface area contributed by atoms with Crippen LogP contribution in [0.25, 0.3) is 5.57 Å². The Kier molecular flexibility index (Phi) is 3.93. The molecule has 1 aromatic heterocycles. The van der Waals surface area contributed by atoms with Gasteiger partial charge in [-0.3, -0.25) is 0 Å². The number of hydrogen-bond donors (Lipinski definition) is 0. The highest BCUT2D eigenvalue weighted by atomic mass is 16.5.